The lowest BCUT2D eigenvalue weighted by atomic mass is 10.0. The van der Waals surface area contributed by atoms with E-state index in [1.807, 2.05) is 54.2 Å². The molecule has 1 N–H and O–H groups in total. The smallest absolute Gasteiger partial charge is 0.255 e. The molecule has 0 saturated heterocycles. The van der Waals surface area contributed by atoms with Crippen LogP contribution in [0.2, 0.25) is 0 Å². The third kappa shape index (κ3) is 4.05. The van der Waals surface area contributed by atoms with Gasteiger partial charge in [0, 0.05) is 40.4 Å². The van der Waals surface area contributed by atoms with Crippen LogP contribution in [0, 0.1) is 0 Å². The number of thioether (sulfide) groups is 1. The molecule has 29 heavy (non-hydrogen) atoms. The van der Waals surface area contributed by atoms with Gasteiger partial charge in [0.15, 0.2) is 5.78 Å². The molecule has 0 saturated carbocycles. The Morgan fingerprint density at radius 2 is 1.72 bits per heavy atom. The Balaban J connectivity index is 1.61. The predicted octanol–water partition coefficient (Wildman–Crippen LogP) is 5.10. The topological polar surface area (TPSA) is 49.4 Å². The molecule has 4 rings (SSSR count). The molecule has 0 radical (unpaired) electrons. The normalized spacial score (nSPS) is 12.9. The summed E-state index contributed by atoms with van der Waals surface area (Å²) in [6, 6.07) is 22.0. The first kappa shape index (κ1) is 19.3. The molecule has 5 heteroatoms. The first-order chi connectivity index (χ1) is 14.2. The lowest BCUT2D eigenvalue weighted by Gasteiger charge is -2.30. The molecule has 0 aliphatic carbocycles. The van der Waals surface area contributed by atoms with Crippen molar-refractivity contribution in [2.24, 2.45) is 0 Å². The van der Waals surface area contributed by atoms with Gasteiger partial charge in [0.05, 0.1) is 11.4 Å². The van der Waals surface area contributed by atoms with Gasteiger partial charge in [0.2, 0.25) is 0 Å². The second-order valence-corrected chi connectivity index (χ2v) is 7.94. The van der Waals surface area contributed by atoms with E-state index in [9.17, 15) is 9.59 Å². The van der Waals surface area contributed by atoms with Crippen LogP contribution in [0.3, 0.4) is 0 Å². The summed E-state index contributed by atoms with van der Waals surface area (Å²) in [5.41, 5.74) is 3.29. The molecule has 4 nitrogen and oxygen atoms in total. The maximum absolute atomic E-state index is 13.0. The summed E-state index contributed by atoms with van der Waals surface area (Å²) in [6.45, 7) is 4.01. The van der Waals surface area contributed by atoms with Crippen molar-refractivity contribution in [1.82, 2.24) is 0 Å². The highest BCUT2D eigenvalue weighted by atomic mass is 32.2. The molecular weight excluding hydrogens is 380 g/mol. The molecule has 0 bridgehead atoms. The van der Waals surface area contributed by atoms with Gasteiger partial charge in [-0.2, -0.15) is 0 Å². The Bertz CT molecular complexity index is 1050. The molecule has 1 heterocycles. The van der Waals surface area contributed by atoms with Crippen molar-refractivity contribution in [3.8, 4) is 0 Å². The fourth-order valence-corrected chi connectivity index (χ4v) is 4.50. The number of benzene rings is 3. The minimum Gasteiger partial charge on any atom is -0.370 e. The Hall–Kier alpha value is -3.05. The van der Waals surface area contributed by atoms with Crippen molar-refractivity contribution in [2.45, 2.75) is 11.8 Å². The highest BCUT2D eigenvalue weighted by Gasteiger charge is 2.20. The van der Waals surface area contributed by atoms with Crippen LogP contribution in [0.25, 0.3) is 0 Å². The first-order valence-electron chi connectivity index (χ1n) is 9.69. The fraction of sp³-hybridized carbons (Fsp3) is 0.167. The van der Waals surface area contributed by atoms with Crippen LogP contribution in [0.4, 0.5) is 11.4 Å². The molecule has 146 valence electrons. The van der Waals surface area contributed by atoms with Gasteiger partial charge < -0.3 is 10.2 Å². The zero-order chi connectivity index (χ0) is 20.2. The average Bonchev–Trinajstić information content (AvgIpc) is 2.78. The van der Waals surface area contributed by atoms with Gasteiger partial charge in [0.25, 0.3) is 5.91 Å². The monoisotopic (exact) mass is 402 g/mol. The zero-order valence-electron chi connectivity index (χ0n) is 16.2. The second-order valence-electron chi connectivity index (χ2n) is 6.81. The zero-order valence-corrected chi connectivity index (χ0v) is 17.0. The Morgan fingerprint density at radius 3 is 2.52 bits per heavy atom. The largest absolute Gasteiger partial charge is 0.370 e. The van der Waals surface area contributed by atoms with Crippen LogP contribution >= 0.6 is 11.8 Å². The maximum Gasteiger partial charge on any atom is 0.255 e. The number of nitrogens with one attached hydrogen (secondary N) is 1. The van der Waals surface area contributed by atoms with E-state index in [4.69, 9.17) is 0 Å². The summed E-state index contributed by atoms with van der Waals surface area (Å²) in [4.78, 5) is 29.3. The SMILES string of the molecule is CCN1CCSc2ccc(C(=O)Nc3ccccc3C(=O)c3ccccc3)cc21. The molecule has 0 aromatic heterocycles. The van der Waals surface area contributed by atoms with Crippen molar-refractivity contribution in [2.75, 3.05) is 29.1 Å². The van der Waals surface area contributed by atoms with Crippen LogP contribution < -0.4 is 10.2 Å². The molecule has 0 atom stereocenters. The number of carbonyl (C=O) groups excluding carboxylic acids is 2. The Labute approximate surface area is 174 Å². The van der Waals surface area contributed by atoms with Crippen molar-refractivity contribution in [3.63, 3.8) is 0 Å². The van der Waals surface area contributed by atoms with Gasteiger partial charge >= 0.3 is 0 Å². The summed E-state index contributed by atoms with van der Waals surface area (Å²) in [5.74, 6) is 0.731. The van der Waals surface area contributed by atoms with E-state index in [-0.39, 0.29) is 11.7 Å². The van der Waals surface area contributed by atoms with Gasteiger partial charge in [-0.3, -0.25) is 9.59 Å². The molecule has 3 aromatic carbocycles. The van der Waals surface area contributed by atoms with Crippen molar-refractivity contribution >= 4 is 34.8 Å². The number of hydrogen-bond acceptors (Lipinski definition) is 4. The van der Waals surface area contributed by atoms with E-state index in [0.29, 0.717) is 22.4 Å². The average molecular weight is 403 g/mol. The fourth-order valence-electron chi connectivity index (χ4n) is 3.47. The number of amides is 1. The summed E-state index contributed by atoms with van der Waals surface area (Å²) in [7, 11) is 0. The van der Waals surface area contributed by atoms with Crippen LogP contribution in [-0.2, 0) is 0 Å². The van der Waals surface area contributed by atoms with E-state index in [2.05, 4.69) is 17.1 Å². The first-order valence-corrected chi connectivity index (χ1v) is 10.7. The number of fused-ring (bicyclic) bond motifs is 1. The number of nitrogens with zero attached hydrogens (tertiary/aromatic N) is 1. The quantitative estimate of drug-likeness (QED) is 0.603. The Morgan fingerprint density at radius 1 is 0.966 bits per heavy atom. The Kier molecular flexibility index (Phi) is 5.67. The van der Waals surface area contributed by atoms with Crippen molar-refractivity contribution < 1.29 is 9.59 Å². The van der Waals surface area contributed by atoms with Crippen LogP contribution in [0.5, 0.6) is 0 Å². The summed E-state index contributed by atoms with van der Waals surface area (Å²) >= 11 is 1.82. The number of ketones is 1. The van der Waals surface area contributed by atoms with Crippen LogP contribution in [0.1, 0.15) is 33.2 Å². The van der Waals surface area contributed by atoms with E-state index in [0.717, 1.165) is 24.5 Å². The van der Waals surface area contributed by atoms with Crippen molar-refractivity contribution in [3.05, 3.63) is 89.5 Å². The molecule has 1 amide bonds. The lowest BCUT2D eigenvalue weighted by molar-refractivity contribution is 0.102. The second kappa shape index (κ2) is 8.53. The van der Waals surface area contributed by atoms with E-state index in [1.165, 1.54) is 4.90 Å². The molecule has 0 fully saturated rings. The molecule has 1 aliphatic heterocycles. The van der Waals surface area contributed by atoms with Gasteiger partial charge in [-0.05, 0) is 37.3 Å². The van der Waals surface area contributed by atoms with Crippen molar-refractivity contribution in [1.29, 1.82) is 0 Å². The molecule has 3 aromatic rings. The summed E-state index contributed by atoms with van der Waals surface area (Å²) in [6.07, 6.45) is 0. The minimum atomic E-state index is -0.215. The number of rotatable bonds is 5. The number of hydrogen-bond donors (Lipinski definition) is 1. The molecular formula is C24H22N2O2S. The van der Waals surface area contributed by atoms with Gasteiger partial charge in [-0.25, -0.2) is 0 Å². The highest BCUT2D eigenvalue weighted by molar-refractivity contribution is 7.99. The summed E-state index contributed by atoms with van der Waals surface area (Å²) in [5, 5.41) is 2.93. The number of anilines is 2. The van der Waals surface area contributed by atoms with E-state index < -0.39 is 0 Å². The minimum absolute atomic E-state index is 0.111. The van der Waals surface area contributed by atoms with E-state index in [1.54, 1.807) is 30.3 Å². The number of carbonyl (C=O) groups is 2. The molecule has 0 spiro atoms. The van der Waals surface area contributed by atoms with E-state index >= 15 is 0 Å². The van der Waals surface area contributed by atoms with Gasteiger partial charge in [0.1, 0.15) is 0 Å². The number of para-hydroxylation sites is 1. The highest BCUT2D eigenvalue weighted by Crippen LogP contribution is 2.35. The third-order valence-corrected chi connectivity index (χ3v) is 6.06. The van der Waals surface area contributed by atoms with Gasteiger partial charge in [-0.1, -0.05) is 42.5 Å². The van der Waals surface area contributed by atoms with Crippen LogP contribution in [-0.4, -0.2) is 30.5 Å². The molecule has 1 aliphatic rings. The standard InChI is InChI=1S/C24H22N2O2S/c1-2-26-14-15-29-22-13-12-18(16-21(22)26)24(28)25-20-11-7-6-10-19(20)23(27)17-8-4-3-5-9-17/h3-13,16H,2,14-15H2,1H3,(H,25,28). The lowest BCUT2D eigenvalue weighted by Crippen LogP contribution is -2.29. The maximum atomic E-state index is 13.0. The summed E-state index contributed by atoms with van der Waals surface area (Å²) < 4.78 is 0. The molecule has 0 unspecified atom stereocenters. The van der Waals surface area contributed by atoms with Gasteiger partial charge in [-0.15, -0.1) is 11.8 Å². The predicted molar refractivity (Wildman–Crippen MR) is 119 cm³/mol. The third-order valence-electron chi connectivity index (χ3n) is 5.02. The van der Waals surface area contributed by atoms with Crippen LogP contribution in [0.15, 0.2) is 77.7 Å².